The van der Waals surface area contributed by atoms with Gasteiger partial charge in [-0.05, 0) is 43.3 Å². The molecule has 0 saturated heterocycles. The average Bonchev–Trinajstić information content (AvgIpc) is 2.93. The first kappa shape index (κ1) is 15.5. The van der Waals surface area contributed by atoms with Gasteiger partial charge in [-0.2, -0.15) is 0 Å². The van der Waals surface area contributed by atoms with Crippen molar-refractivity contribution >= 4 is 39.3 Å². The predicted octanol–water partition coefficient (Wildman–Crippen LogP) is 3.79. The third-order valence-electron chi connectivity index (χ3n) is 4.11. The Hall–Kier alpha value is -2.99. The van der Waals surface area contributed by atoms with Crippen LogP contribution in [-0.2, 0) is 0 Å². The second-order valence-electron chi connectivity index (χ2n) is 5.88. The summed E-state index contributed by atoms with van der Waals surface area (Å²) in [4.78, 5) is 29.1. The average molecular weight is 356 g/mol. The molecule has 4 rings (SSSR count). The van der Waals surface area contributed by atoms with E-state index in [2.05, 4.69) is 15.3 Å². The van der Waals surface area contributed by atoms with Crippen molar-refractivity contribution in [2.24, 2.45) is 0 Å². The molecule has 1 atom stereocenters. The maximum atomic E-state index is 12.4. The largest absolute Gasteiger partial charge is 0.417 e. The summed E-state index contributed by atoms with van der Waals surface area (Å²) < 4.78 is 5.06. The van der Waals surface area contributed by atoms with Gasteiger partial charge in [0.15, 0.2) is 5.58 Å². The molecule has 3 N–H and O–H groups in total. The number of pyridine rings is 1. The Morgan fingerprint density at radius 3 is 2.68 bits per heavy atom. The van der Waals surface area contributed by atoms with Gasteiger partial charge in [0.1, 0.15) is 0 Å². The number of H-pyrrole nitrogens is 2. The lowest BCUT2D eigenvalue weighted by molar-refractivity contribution is 0.555. The fourth-order valence-corrected chi connectivity index (χ4v) is 3.06. The smallest absolute Gasteiger partial charge is 0.408 e. The van der Waals surface area contributed by atoms with Gasteiger partial charge in [-0.25, -0.2) is 4.79 Å². The molecular formula is C18H14ClN3O3. The van der Waals surface area contributed by atoms with Crippen LogP contribution in [0.4, 0.5) is 5.69 Å². The van der Waals surface area contributed by atoms with E-state index >= 15 is 0 Å². The van der Waals surface area contributed by atoms with Crippen LogP contribution >= 0.6 is 11.6 Å². The summed E-state index contributed by atoms with van der Waals surface area (Å²) >= 11 is 6.03. The standard InChI is InChI=1S/C18H14ClN3O3/c1-9(20-12-3-5-15-16(8-12)25-18(24)22-15)13-7-10-6-11(19)2-4-14(10)21-17(13)23/h2-9,20H,1H3,(H,21,23)(H,22,24). The zero-order valence-corrected chi connectivity index (χ0v) is 14.0. The summed E-state index contributed by atoms with van der Waals surface area (Å²) in [5.41, 5.74) is 2.99. The second-order valence-corrected chi connectivity index (χ2v) is 6.31. The van der Waals surface area contributed by atoms with E-state index in [4.69, 9.17) is 16.0 Å². The van der Waals surface area contributed by atoms with E-state index in [0.29, 0.717) is 21.7 Å². The van der Waals surface area contributed by atoms with Gasteiger partial charge in [-0.1, -0.05) is 11.6 Å². The van der Waals surface area contributed by atoms with Gasteiger partial charge in [-0.3, -0.25) is 9.78 Å². The van der Waals surface area contributed by atoms with E-state index in [1.807, 2.05) is 25.1 Å². The van der Waals surface area contributed by atoms with Crippen molar-refractivity contribution in [3.8, 4) is 0 Å². The molecule has 0 aliphatic heterocycles. The Morgan fingerprint density at radius 2 is 1.84 bits per heavy atom. The van der Waals surface area contributed by atoms with E-state index in [-0.39, 0.29) is 11.6 Å². The molecule has 0 bridgehead atoms. The normalized spacial score (nSPS) is 12.6. The van der Waals surface area contributed by atoms with Crippen LogP contribution in [0.1, 0.15) is 18.5 Å². The minimum atomic E-state index is -0.497. The molecule has 4 aromatic rings. The Balaban J connectivity index is 1.70. The topological polar surface area (TPSA) is 90.9 Å². The number of anilines is 1. The van der Waals surface area contributed by atoms with Gasteiger partial charge in [0.05, 0.1) is 11.6 Å². The zero-order chi connectivity index (χ0) is 17.6. The van der Waals surface area contributed by atoms with Crippen molar-refractivity contribution in [3.63, 3.8) is 0 Å². The van der Waals surface area contributed by atoms with Gasteiger partial charge in [-0.15, -0.1) is 0 Å². The maximum absolute atomic E-state index is 12.4. The van der Waals surface area contributed by atoms with Crippen LogP contribution in [0.2, 0.25) is 5.02 Å². The van der Waals surface area contributed by atoms with Crippen LogP contribution in [-0.4, -0.2) is 9.97 Å². The highest BCUT2D eigenvalue weighted by Gasteiger charge is 2.12. The van der Waals surface area contributed by atoms with Crippen molar-refractivity contribution in [1.29, 1.82) is 0 Å². The molecular weight excluding hydrogens is 342 g/mol. The van der Waals surface area contributed by atoms with E-state index in [1.165, 1.54) is 0 Å². The molecule has 0 aliphatic carbocycles. The number of hydrogen-bond donors (Lipinski definition) is 3. The first-order valence-corrected chi connectivity index (χ1v) is 8.09. The van der Waals surface area contributed by atoms with Gasteiger partial charge >= 0.3 is 5.76 Å². The molecule has 2 aromatic carbocycles. The lowest BCUT2D eigenvalue weighted by Crippen LogP contribution is -2.19. The third kappa shape index (κ3) is 2.92. The van der Waals surface area contributed by atoms with Crippen molar-refractivity contribution in [3.05, 3.63) is 74.0 Å². The van der Waals surface area contributed by atoms with Crippen molar-refractivity contribution in [2.75, 3.05) is 5.32 Å². The highest BCUT2D eigenvalue weighted by molar-refractivity contribution is 6.31. The summed E-state index contributed by atoms with van der Waals surface area (Å²) in [5, 5.41) is 4.72. The number of halogens is 1. The number of nitrogens with one attached hydrogen (secondary N) is 3. The molecule has 2 heterocycles. The van der Waals surface area contributed by atoms with Gasteiger partial charge in [0.25, 0.3) is 5.56 Å². The Labute approximate surface area is 146 Å². The number of fused-ring (bicyclic) bond motifs is 2. The number of oxazole rings is 1. The van der Waals surface area contributed by atoms with Crippen LogP contribution in [0.15, 0.2) is 56.5 Å². The molecule has 126 valence electrons. The Bertz CT molecular complexity index is 1210. The monoisotopic (exact) mass is 355 g/mol. The number of hydrogen-bond acceptors (Lipinski definition) is 4. The quantitative estimate of drug-likeness (QED) is 0.521. The van der Waals surface area contributed by atoms with Crippen LogP contribution in [0.25, 0.3) is 22.0 Å². The maximum Gasteiger partial charge on any atom is 0.417 e. The van der Waals surface area contributed by atoms with Gasteiger partial charge < -0.3 is 14.7 Å². The lowest BCUT2D eigenvalue weighted by Gasteiger charge is -2.15. The molecule has 6 nitrogen and oxygen atoms in total. The number of benzene rings is 2. The lowest BCUT2D eigenvalue weighted by atomic mass is 10.1. The van der Waals surface area contributed by atoms with Crippen molar-refractivity contribution in [1.82, 2.24) is 9.97 Å². The van der Waals surface area contributed by atoms with Crippen LogP contribution < -0.4 is 16.6 Å². The van der Waals surface area contributed by atoms with E-state index in [1.54, 1.807) is 24.3 Å². The molecule has 1 unspecified atom stereocenters. The van der Waals surface area contributed by atoms with Crippen molar-refractivity contribution in [2.45, 2.75) is 13.0 Å². The summed E-state index contributed by atoms with van der Waals surface area (Å²) in [7, 11) is 0. The zero-order valence-electron chi connectivity index (χ0n) is 13.2. The summed E-state index contributed by atoms with van der Waals surface area (Å²) in [6, 6.07) is 12.2. The van der Waals surface area contributed by atoms with E-state index in [9.17, 15) is 9.59 Å². The molecule has 25 heavy (non-hydrogen) atoms. The Morgan fingerprint density at radius 1 is 1.04 bits per heavy atom. The molecule has 0 fully saturated rings. The molecule has 0 saturated carbocycles. The molecule has 0 radical (unpaired) electrons. The fraction of sp³-hybridized carbons (Fsp3) is 0.111. The molecule has 0 spiro atoms. The first-order chi connectivity index (χ1) is 12.0. The van der Waals surface area contributed by atoms with E-state index < -0.39 is 5.76 Å². The van der Waals surface area contributed by atoms with Crippen LogP contribution in [0.3, 0.4) is 0 Å². The number of rotatable bonds is 3. The Kier molecular flexibility index (Phi) is 3.62. The third-order valence-corrected chi connectivity index (χ3v) is 4.34. The highest BCUT2D eigenvalue weighted by atomic mass is 35.5. The van der Waals surface area contributed by atoms with Gasteiger partial charge in [0, 0.05) is 33.2 Å². The number of aromatic nitrogens is 2. The number of aromatic amines is 2. The minimum absolute atomic E-state index is 0.163. The SMILES string of the molecule is CC(Nc1ccc2[nH]c(=O)oc2c1)c1cc2cc(Cl)ccc2[nH]c1=O. The summed E-state index contributed by atoms with van der Waals surface area (Å²) in [6.45, 7) is 1.89. The molecule has 7 heteroatoms. The van der Waals surface area contributed by atoms with E-state index in [0.717, 1.165) is 16.6 Å². The molecule has 2 aromatic heterocycles. The molecule has 0 aliphatic rings. The van der Waals surface area contributed by atoms with Crippen LogP contribution in [0, 0.1) is 0 Å². The minimum Gasteiger partial charge on any atom is -0.408 e. The second kappa shape index (κ2) is 5.82. The predicted molar refractivity (Wildman–Crippen MR) is 98.5 cm³/mol. The van der Waals surface area contributed by atoms with Crippen LogP contribution in [0.5, 0.6) is 0 Å². The van der Waals surface area contributed by atoms with Crippen molar-refractivity contribution < 1.29 is 4.42 Å². The highest BCUT2D eigenvalue weighted by Crippen LogP contribution is 2.23. The molecule has 0 amide bonds. The van der Waals surface area contributed by atoms with Gasteiger partial charge in [0.2, 0.25) is 0 Å². The fourth-order valence-electron chi connectivity index (χ4n) is 2.88. The summed E-state index contributed by atoms with van der Waals surface area (Å²) in [6.07, 6.45) is 0. The summed E-state index contributed by atoms with van der Waals surface area (Å²) in [5.74, 6) is -0.497. The first-order valence-electron chi connectivity index (χ1n) is 7.71.